The van der Waals surface area contributed by atoms with Crippen molar-refractivity contribution in [1.82, 2.24) is 4.90 Å². The Hall–Kier alpha value is -2.11. The van der Waals surface area contributed by atoms with E-state index < -0.39 is 5.82 Å². The van der Waals surface area contributed by atoms with Gasteiger partial charge in [-0.15, -0.1) is 0 Å². The lowest BCUT2D eigenvalue weighted by molar-refractivity contribution is 0.0696. The summed E-state index contributed by atoms with van der Waals surface area (Å²) in [6, 6.07) is 4.77. The molecule has 0 aromatic heterocycles. The Kier molecular flexibility index (Phi) is 4.22. The molecule has 5 nitrogen and oxygen atoms in total. The summed E-state index contributed by atoms with van der Waals surface area (Å²) in [6.07, 6.45) is 1.51. The SMILES string of the molecule is Cc1cccc(C(=O)N2CCCC(/C(N)=N/O)C2)c1F. The molecule has 6 heteroatoms. The molecule has 0 radical (unpaired) electrons. The lowest BCUT2D eigenvalue weighted by Crippen LogP contribution is -2.44. The van der Waals surface area contributed by atoms with E-state index in [9.17, 15) is 9.18 Å². The van der Waals surface area contributed by atoms with Crippen molar-refractivity contribution in [3.63, 3.8) is 0 Å². The van der Waals surface area contributed by atoms with Crippen LogP contribution < -0.4 is 5.73 Å². The Balaban J connectivity index is 2.19. The molecule has 1 saturated heterocycles. The van der Waals surface area contributed by atoms with Gasteiger partial charge in [-0.3, -0.25) is 4.79 Å². The zero-order chi connectivity index (χ0) is 14.7. The van der Waals surface area contributed by atoms with Crippen molar-refractivity contribution in [3.8, 4) is 0 Å². The standard InChI is InChI=1S/C14H18FN3O2/c1-9-4-2-6-11(12(9)15)14(19)18-7-3-5-10(8-18)13(16)17-20/h2,4,6,10,20H,3,5,7-8H2,1H3,(H2,16,17). The molecule has 2 rings (SSSR count). The number of nitrogens with zero attached hydrogens (tertiary/aromatic N) is 2. The first-order valence-corrected chi connectivity index (χ1v) is 6.56. The summed E-state index contributed by atoms with van der Waals surface area (Å²) in [5.41, 5.74) is 6.11. The van der Waals surface area contributed by atoms with E-state index in [2.05, 4.69) is 5.16 Å². The predicted molar refractivity (Wildman–Crippen MR) is 73.2 cm³/mol. The lowest BCUT2D eigenvalue weighted by atomic mass is 9.96. The third-order valence-corrected chi connectivity index (χ3v) is 3.66. The molecule has 0 aliphatic carbocycles. The number of hydrogen-bond acceptors (Lipinski definition) is 3. The van der Waals surface area contributed by atoms with E-state index in [1.165, 1.54) is 6.07 Å². The van der Waals surface area contributed by atoms with Crippen molar-refractivity contribution in [2.75, 3.05) is 13.1 Å². The van der Waals surface area contributed by atoms with Gasteiger partial charge in [0, 0.05) is 19.0 Å². The third-order valence-electron chi connectivity index (χ3n) is 3.66. The highest BCUT2D eigenvalue weighted by atomic mass is 19.1. The number of amides is 1. The number of rotatable bonds is 2. The molecule has 0 bridgehead atoms. The number of aryl methyl sites for hydroxylation is 1. The Morgan fingerprint density at radius 2 is 2.30 bits per heavy atom. The molecule has 1 heterocycles. The van der Waals surface area contributed by atoms with Crippen molar-refractivity contribution >= 4 is 11.7 Å². The number of amidine groups is 1. The molecule has 1 fully saturated rings. The molecule has 1 aliphatic heterocycles. The number of carbonyl (C=O) groups is 1. The maximum Gasteiger partial charge on any atom is 0.256 e. The zero-order valence-electron chi connectivity index (χ0n) is 11.3. The molecular weight excluding hydrogens is 261 g/mol. The van der Waals surface area contributed by atoms with Crippen LogP contribution >= 0.6 is 0 Å². The topological polar surface area (TPSA) is 78.9 Å². The average molecular weight is 279 g/mol. The largest absolute Gasteiger partial charge is 0.409 e. The van der Waals surface area contributed by atoms with Crippen LogP contribution in [0.15, 0.2) is 23.4 Å². The van der Waals surface area contributed by atoms with E-state index in [4.69, 9.17) is 10.9 Å². The number of oxime groups is 1. The van der Waals surface area contributed by atoms with Crippen LogP contribution in [0.3, 0.4) is 0 Å². The fraction of sp³-hybridized carbons (Fsp3) is 0.429. The first-order chi connectivity index (χ1) is 9.54. The number of halogens is 1. The van der Waals surface area contributed by atoms with Crippen LogP contribution in [0.1, 0.15) is 28.8 Å². The van der Waals surface area contributed by atoms with Crippen molar-refractivity contribution < 1.29 is 14.4 Å². The highest BCUT2D eigenvalue weighted by molar-refractivity contribution is 5.95. The summed E-state index contributed by atoms with van der Waals surface area (Å²) >= 11 is 0. The van der Waals surface area contributed by atoms with Crippen LogP contribution in [0.25, 0.3) is 0 Å². The first kappa shape index (κ1) is 14.3. The maximum absolute atomic E-state index is 14.0. The summed E-state index contributed by atoms with van der Waals surface area (Å²) < 4.78 is 14.0. The van der Waals surface area contributed by atoms with Crippen molar-refractivity contribution in [2.24, 2.45) is 16.8 Å². The van der Waals surface area contributed by atoms with Crippen LogP contribution in [0.2, 0.25) is 0 Å². The van der Waals surface area contributed by atoms with Gasteiger partial charge in [0.15, 0.2) is 0 Å². The lowest BCUT2D eigenvalue weighted by Gasteiger charge is -2.32. The van der Waals surface area contributed by atoms with Crippen molar-refractivity contribution in [3.05, 3.63) is 35.1 Å². The first-order valence-electron chi connectivity index (χ1n) is 6.56. The predicted octanol–water partition coefficient (Wildman–Crippen LogP) is 1.73. The Bertz CT molecular complexity index is 545. The number of piperidine rings is 1. The number of nitrogens with two attached hydrogens (primary N) is 1. The molecule has 3 N–H and O–H groups in total. The van der Waals surface area contributed by atoms with E-state index in [1.807, 2.05) is 0 Å². The van der Waals surface area contributed by atoms with Gasteiger partial charge in [-0.25, -0.2) is 4.39 Å². The second-order valence-electron chi connectivity index (χ2n) is 5.05. The highest BCUT2D eigenvalue weighted by Gasteiger charge is 2.28. The van der Waals surface area contributed by atoms with Gasteiger partial charge in [0.25, 0.3) is 5.91 Å². The Labute approximate surface area is 116 Å². The molecule has 20 heavy (non-hydrogen) atoms. The van der Waals surface area contributed by atoms with Crippen LogP contribution in [-0.2, 0) is 0 Å². The number of hydrogen-bond donors (Lipinski definition) is 2. The van der Waals surface area contributed by atoms with E-state index >= 15 is 0 Å². The minimum atomic E-state index is -0.483. The molecular formula is C14H18FN3O2. The fourth-order valence-electron chi connectivity index (χ4n) is 2.47. The molecule has 1 aromatic rings. The van der Waals surface area contributed by atoms with E-state index in [0.717, 1.165) is 12.8 Å². The number of likely N-dealkylation sites (tertiary alicyclic amines) is 1. The molecule has 1 aliphatic rings. The second-order valence-corrected chi connectivity index (χ2v) is 5.05. The van der Waals surface area contributed by atoms with Gasteiger partial charge in [-0.1, -0.05) is 17.3 Å². The quantitative estimate of drug-likeness (QED) is 0.374. The summed E-state index contributed by atoms with van der Waals surface area (Å²) in [6.45, 7) is 2.53. The maximum atomic E-state index is 14.0. The molecule has 1 unspecified atom stereocenters. The van der Waals surface area contributed by atoms with Gasteiger partial charge in [-0.05, 0) is 31.4 Å². The van der Waals surface area contributed by atoms with Gasteiger partial charge < -0.3 is 15.8 Å². The number of carbonyl (C=O) groups excluding carboxylic acids is 1. The second kappa shape index (κ2) is 5.90. The summed E-state index contributed by atoms with van der Waals surface area (Å²) in [4.78, 5) is 13.9. The Morgan fingerprint density at radius 1 is 1.55 bits per heavy atom. The van der Waals surface area contributed by atoms with Gasteiger partial charge in [-0.2, -0.15) is 0 Å². The average Bonchev–Trinajstić information content (AvgIpc) is 2.48. The van der Waals surface area contributed by atoms with Crippen LogP contribution in [0.5, 0.6) is 0 Å². The van der Waals surface area contributed by atoms with E-state index in [0.29, 0.717) is 18.7 Å². The number of benzene rings is 1. The monoisotopic (exact) mass is 279 g/mol. The van der Waals surface area contributed by atoms with Crippen molar-refractivity contribution in [1.29, 1.82) is 0 Å². The molecule has 0 spiro atoms. The van der Waals surface area contributed by atoms with Gasteiger partial charge >= 0.3 is 0 Å². The van der Waals surface area contributed by atoms with Gasteiger partial charge in [0.05, 0.1) is 5.56 Å². The normalized spacial score (nSPS) is 20.0. The summed E-state index contributed by atoms with van der Waals surface area (Å²) in [5, 5.41) is 11.7. The summed E-state index contributed by atoms with van der Waals surface area (Å²) in [7, 11) is 0. The van der Waals surface area contributed by atoms with E-state index in [1.54, 1.807) is 24.0 Å². The minimum Gasteiger partial charge on any atom is -0.409 e. The minimum absolute atomic E-state index is 0.0742. The Morgan fingerprint density at radius 3 is 3.00 bits per heavy atom. The molecule has 108 valence electrons. The smallest absolute Gasteiger partial charge is 0.256 e. The fourth-order valence-corrected chi connectivity index (χ4v) is 2.47. The van der Waals surface area contributed by atoms with Crippen molar-refractivity contribution in [2.45, 2.75) is 19.8 Å². The third kappa shape index (κ3) is 2.74. The summed E-state index contributed by atoms with van der Waals surface area (Å²) in [5.74, 6) is -0.886. The zero-order valence-corrected chi connectivity index (χ0v) is 11.3. The van der Waals surface area contributed by atoms with Gasteiger partial charge in [0.1, 0.15) is 11.7 Å². The molecule has 1 amide bonds. The highest BCUT2D eigenvalue weighted by Crippen LogP contribution is 2.21. The van der Waals surface area contributed by atoms with E-state index in [-0.39, 0.29) is 23.2 Å². The van der Waals surface area contributed by atoms with Gasteiger partial charge in [0.2, 0.25) is 0 Å². The molecule has 1 atom stereocenters. The van der Waals surface area contributed by atoms with Crippen LogP contribution in [0, 0.1) is 18.7 Å². The van der Waals surface area contributed by atoms with Crippen LogP contribution in [0.4, 0.5) is 4.39 Å². The molecule has 1 aromatic carbocycles. The van der Waals surface area contributed by atoms with Crippen LogP contribution in [-0.4, -0.2) is 34.9 Å². The molecule has 0 saturated carbocycles.